The number of rotatable bonds is 4. The van der Waals surface area contributed by atoms with Crippen LogP contribution in [-0.2, 0) is 9.31 Å². The first-order chi connectivity index (χ1) is 12.4. The van der Waals surface area contributed by atoms with Crippen LogP contribution in [0, 0.1) is 5.82 Å². The van der Waals surface area contributed by atoms with Gasteiger partial charge in [0, 0.05) is 17.9 Å². The number of aromatic nitrogens is 2. The van der Waals surface area contributed by atoms with E-state index in [2.05, 4.69) is 5.10 Å². The van der Waals surface area contributed by atoms with Crippen LogP contribution in [0.5, 0.6) is 0 Å². The molecule has 0 N–H and O–H groups in total. The SMILES string of the molecule is CC1(C)OB(c2cnn(C(CC(F)(F)F)c3ccc(F)cc3)c2)OC1(C)C. The first-order valence-corrected chi connectivity index (χ1v) is 8.60. The second kappa shape index (κ2) is 6.63. The molecular weight excluding hydrogens is 363 g/mol. The Hall–Kier alpha value is -1.87. The molecule has 1 aliphatic rings. The molecule has 3 rings (SSSR count). The van der Waals surface area contributed by atoms with E-state index in [0.29, 0.717) is 11.0 Å². The van der Waals surface area contributed by atoms with Crippen LogP contribution in [0.4, 0.5) is 17.6 Å². The number of alkyl halides is 3. The van der Waals surface area contributed by atoms with Crippen LogP contribution in [0.2, 0.25) is 0 Å². The Morgan fingerprint density at radius 2 is 1.63 bits per heavy atom. The minimum Gasteiger partial charge on any atom is -0.399 e. The summed E-state index contributed by atoms with van der Waals surface area (Å²) < 4.78 is 65.5. The Morgan fingerprint density at radius 1 is 1.07 bits per heavy atom. The van der Waals surface area contributed by atoms with E-state index in [-0.39, 0.29) is 0 Å². The van der Waals surface area contributed by atoms with Crippen molar-refractivity contribution < 1.29 is 26.9 Å². The Bertz CT molecular complexity index is 786. The lowest BCUT2D eigenvalue weighted by atomic mass is 9.82. The second-order valence-corrected chi connectivity index (χ2v) is 7.73. The zero-order valence-corrected chi connectivity index (χ0v) is 15.5. The fraction of sp³-hybridized carbons (Fsp3) is 0.500. The van der Waals surface area contributed by atoms with Crippen molar-refractivity contribution in [2.45, 2.75) is 57.5 Å². The molecule has 1 aromatic heterocycles. The van der Waals surface area contributed by atoms with Crippen LogP contribution < -0.4 is 5.46 Å². The van der Waals surface area contributed by atoms with Crippen LogP contribution in [0.1, 0.15) is 45.7 Å². The summed E-state index contributed by atoms with van der Waals surface area (Å²) in [6.07, 6.45) is -2.60. The van der Waals surface area contributed by atoms with E-state index < -0.39 is 42.8 Å². The van der Waals surface area contributed by atoms with Gasteiger partial charge < -0.3 is 9.31 Å². The molecular formula is C18H21BF4N2O2. The summed E-state index contributed by atoms with van der Waals surface area (Å²) in [5.41, 5.74) is -0.287. The molecule has 1 fully saturated rings. The third-order valence-corrected chi connectivity index (χ3v) is 5.15. The largest absolute Gasteiger partial charge is 0.498 e. The van der Waals surface area contributed by atoms with Gasteiger partial charge in [-0.25, -0.2) is 4.39 Å². The van der Waals surface area contributed by atoms with Gasteiger partial charge in [-0.2, -0.15) is 18.3 Å². The van der Waals surface area contributed by atoms with Crippen LogP contribution in [0.15, 0.2) is 36.7 Å². The van der Waals surface area contributed by atoms with E-state index in [0.717, 1.165) is 12.1 Å². The second-order valence-electron chi connectivity index (χ2n) is 7.73. The molecule has 1 unspecified atom stereocenters. The molecule has 9 heteroatoms. The van der Waals surface area contributed by atoms with E-state index in [9.17, 15) is 17.6 Å². The van der Waals surface area contributed by atoms with Crippen molar-refractivity contribution in [2.75, 3.05) is 0 Å². The minimum absolute atomic E-state index is 0.317. The number of halogens is 4. The van der Waals surface area contributed by atoms with E-state index in [1.807, 2.05) is 27.7 Å². The highest BCUT2D eigenvalue weighted by Crippen LogP contribution is 2.37. The van der Waals surface area contributed by atoms with Gasteiger partial charge in [-0.1, -0.05) is 12.1 Å². The van der Waals surface area contributed by atoms with Crippen LogP contribution in [-0.4, -0.2) is 34.3 Å². The average Bonchev–Trinajstić information content (AvgIpc) is 3.08. The van der Waals surface area contributed by atoms with E-state index in [1.54, 1.807) is 0 Å². The zero-order chi connectivity index (χ0) is 20.0. The minimum atomic E-state index is -4.41. The van der Waals surface area contributed by atoms with Crippen molar-refractivity contribution in [1.29, 1.82) is 0 Å². The van der Waals surface area contributed by atoms with E-state index in [1.165, 1.54) is 29.2 Å². The summed E-state index contributed by atoms with van der Waals surface area (Å²) in [5.74, 6) is -0.511. The van der Waals surface area contributed by atoms with Gasteiger partial charge in [-0.15, -0.1) is 0 Å². The highest BCUT2D eigenvalue weighted by molar-refractivity contribution is 6.62. The standard InChI is InChI=1S/C18H21BF4N2O2/c1-16(2)17(3,4)27-19(26-16)13-10-24-25(11-13)15(9-18(21,22)23)12-5-7-14(20)8-6-12/h5-8,10-11,15H,9H2,1-4H3. The predicted octanol–water partition coefficient (Wildman–Crippen LogP) is 3.86. The van der Waals surface area contributed by atoms with Gasteiger partial charge in [-0.05, 0) is 45.4 Å². The Kier molecular flexibility index (Phi) is 4.88. The first kappa shape index (κ1) is 19.9. The maximum Gasteiger partial charge on any atom is 0.498 e. The molecule has 0 amide bonds. The maximum atomic E-state index is 13.2. The molecule has 0 aliphatic carbocycles. The highest BCUT2D eigenvalue weighted by Gasteiger charge is 2.52. The van der Waals surface area contributed by atoms with Crippen molar-refractivity contribution in [3.05, 3.63) is 48.0 Å². The van der Waals surface area contributed by atoms with E-state index >= 15 is 0 Å². The molecule has 0 bridgehead atoms. The van der Waals surface area contributed by atoms with Crippen LogP contribution in [0.25, 0.3) is 0 Å². The smallest absolute Gasteiger partial charge is 0.399 e. The third-order valence-electron chi connectivity index (χ3n) is 5.15. The van der Waals surface area contributed by atoms with Gasteiger partial charge in [0.1, 0.15) is 5.82 Å². The molecule has 1 saturated heterocycles. The lowest BCUT2D eigenvalue weighted by molar-refractivity contribution is -0.140. The molecule has 1 atom stereocenters. The van der Waals surface area contributed by atoms with Crippen molar-refractivity contribution in [1.82, 2.24) is 9.78 Å². The molecule has 1 aromatic carbocycles. The summed E-state index contributed by atoms with van der Waals surface area (Å²) in [6.45, 7) is 7.57. The summed E-state index contributed by atoms with van der Waals surface area (Å²) in [5, 5.41) is 4.10. The van der Waals surface area contributed by atoms with Crippen LogP contribution >= 0.6 is 0 Å². The number of hydrogen-bond acceptors (Lipinski definition) is 3. The molecule has 4 nitrogen and oxygen atoms in total. The highest BCUT2D eigenvalue weighted by atomic mass is 19.4. The molecule has 0 spiro atoms. The topological polar surface area (TPSA) is 36.3 Å². The van der Waals surface area contributed by atoms with Crippen molar-refractivity contribution in [2.24, 2.45) is 0 Å². The van der Waals surface area contributed by atoms with Gasteiger partial charge >= 0.3 is 13.3 Å². The Morgan fingerprint density at radius 3 is 2.15 bits per heavy atom. The molecule has 27 heavy (non-hydrogen) atoms. The molecule has 2 aromatic rings. The Labute approximate surface area is 155 Å². The molecule has 0 radical (unpaired) electrons. The Balaban J connectivity index is 1.90. The van der Waals surface area contributed by atoms with Crippen LogP contribution in [0.3, 0.4) is 0 Å². The predicted molar refractivity (Wildman–Crippen MR) is 93.2 cm³/mol. The summed E-state index contributed by atoms with van der Waals surface area (Å²) >= 11 is 0. The van der Waals surface area contributed by atoms with Gasteiger partial charge in [0.15, 0.2) is 0 Å². The van der Waals surface area contributed by atoms with Gasteiger partial charge in [0.25, 0.3) is 0 Å². The number of nitrogens with zero attached hydrogens (tertiary/aromatic N) is 2. The average molecular weight is 384 g/mol. The van der Waals surface area contributed by atoms with Gasteiger partial charge in [0.05, 0.1) is 23.7 Å². The number of hydrogen-bond donors (Lipinski definition) is 0. The zero-order valence-electron chi connectivity index (χ0n) is 15.5. The van der Waals surface area contributed by atoms with Gasteiger partial charge in [0.2, 0.25) is 0 Å². The van der Waals surface area contributed by atoms with Gasteiger partial charge in [-0.3, -0.25) is 4.68 Å². The normalized spacial score (nSPS) is 20.1. The third kappa shape index (κ3) is 4.19. The molecule has 0 saturated carbocycles. The maximum absolute atomic E-state index is 13.2. The molecule has 146 valence electrons. The van der Waals surface area contributed by atoms with Crippen molar-refractivity contribution in [3.63, 3.8) is 0 Å². The summed E-state index contributed by atoms with van der Waals surface area (Å²) in [6, 6.07) is 3.83. The van der Waals surface area contributed by atoms with E-state index in [4.69, 9.17) is 9.31 Å². The lowest BCUT2D eigenvalue weighted by Crippen LogP contribution is -2.41. The molecule has 1 aliphatic heterocycles. The fourth-order valence-corrected chi connectivity index (χ4v) is 2.89. The summed E-state index contributed by atoms with van der Waals surface area (Å²) in [4.78, 5) is 0. The van der Waals surface area contributed by atoms with Crippen molar-refractivity contribution in [3.8, 4) is 0 Å². The van der Waals surface area contributed by atoms with Crippen molar-refractivity contribution >= 4 is 12.6 Å². The first-order valence-electron chi connectivity index (χ1n) is 8.60. The number of benzene rings is 1. The quantitative estimate of drug-likeness (QED) is 0.593. The summed E-state index contributed by atoms with van der Waals surface area (Å²) in [7, 11) is -0.719. The monoisotopic (exact) mass is 384 g/mol. The molecule has 2 heterocycles. The lowest BCUT2D eigenvalue weighted by Gasteiger charge is -2.32. The fourth-order valence-electron chi connectivity index (χ4n) is 2.89.